The van der Waals surface area contributed by atoms with Gasteiger partial charge in [-0.2, -0.15) is 0 Å². The molecule has 0 aliphatic heterocycles. The van der Waals surface area contributed by atoms with E-state index in [0.717, 1.165) is 39.0 Å². The minimum Gasteiger partial charge on any atom is -0.493 e. The summed E-state index contributed by atoms with van der Waals surface area (Å²) in [6.07, 6.45) is 5.01. The molecule has 1 aliphatic carbocycles. The highest BCUT2D eigenvalue weighted by atomic mass is 16.6. The first-order valence-electron chi connectivity index (χ1n) is 10.3. The lowest BCUT2D eigenvalue weighted by Gasteiger charge is -2.24. The van der Waals surface area contributed by atoms with Crippen molar-refractivity contribution < 1.29 is 19.0 Å². The summed E-state index contributed by atoms with van der Waals surface area (Å²) in [5.41, 5.74) is 10.6. The van der Waals surface area contributed by atoms with Crippen molar-refractivity contribution in [1.29, 1.82) is 0 Å². The molecule has 0 fully saturated rings. The minimum absolute atomic E-state index is 0.395. The third kappa shape index (κ3) is 3.63. The fourth-order valence-corrected chi connectivity index (χ4v) is 3.72. The average Bonchev–Trinajstić information content (AvgIpc) is 3.30. The molecule has 3 aromatic rings. The number of aromatic amines is 1. The second kappa shape index (κ2) is 8.13. The summed E-state index contributed by atoms with van der Waals surface area (Å²) in [6.45, 7) is 6.07. The zero-order valence-corrected chi connectivity index (χ0v) is 18.9. The number of nitrogens with zero attached hydrogens (tertiary/aromatic N) is 1. The van der Waals surface area contributed by atoms with Gasteiger partial charge in [0, 0.05) is 34.1 Å². The van der Waals surface area contributed by atoms with Crippen molar-refractivity contribution in [3.63, 3.8) is 0 Å². The first kappa shape index (κ1) is 21.6. The number of nitrogens with one attached hydrogen (secondary N) is 1. The van der Waals surface area contributed by atoms with Gasteiger partial charge in [0.15, 0.2) is 17.6 Å². The molecule has 0 amide bonds. The van der Waals surface area contributed by atoms with E-state index < -0.39 is 11.7 Å². The van der Waals surface area contributed by atoms with Crippen molar-refractivity contribution in [1.82, 2.24) is 4.98 Å². The molecule has 0 saturated carbocycles. The van der Waals surface area contributed by atoms with Crippen LogP contribution in [-0.4, -0.2) is 43.2 Å². The number of ether oxygens (including phenoxy) is 3. The Balaban J connectivity index is 1.93. The van der Waals surface area contributed by atoms with Gasteiger partial charge in [-0.3, -0.25) is 0 Å². The number of oxime groups is 1. The molecule has 4 rings (SSSR count). The van der Waals surface area contributed by atoms with Crippen molar-refractivity contribution in [2.75, 3.05) is 20.8 Å². The molecule has 7 heteroatoms. The van der Waals surface area contributed by atoms with Crippen LogP contribution in [-0.2, 0) is 4.84 Å². The number of benzene rings is 2. The van der Waals surface area contributed by atoms with Gasteiger partial charge in [-0.15, -0.1) is 6.42 Å². The minimum atomic E-state index is -0.487. The number of hydrogen-bond donors (Lipinski definition) is 2. The van der Waals surface area contributed by atoms with E-state index in [9.17, 15) is 0 Å². The number of aromatic nitrogens is 1. The summed E-state index contributed by atoms with van der Waals surface area (Å²) in [4.78, 5) is 9.09. The quantitative estimate of drug-likeness (QED) is 0.339. The summed E-state index contributed by atoms with van der Waals surface area (Å²) in [7, 11) is 3.21. The Labute approximate surface area is 187 Å². The summed E-state index contributed by atoms with van der Waals surface area (Å²) >= 11 is 0. The van der Waals surface area contributed by atoms with E-state index in [2.05, 4.69) is 16.1 Å². The third-order valence-electron chi connectivity index (χ3n) is 5.48. The van der Waals surface area contributed by atoms with Crippen LogP contribution in [0.2, 0.25) is 0 Å². The molecule has 0 spiro atoms. The highest BCUT2D eigenvalue weighted by molar-refractivity contribution is 6.30. The van der Waals surface area contributed by atoms with Crippen molar-refractivity contribution in [3.8, 4) is 40.8 Å². The van der Waals surface area contributed by atoms with E-state index in [4.69, 9.17) is 31.2 Å². The van der Waals surface area contributed by atoms with Crippen LogP contribution in [0, 0.1) is 12.3 Å². The van der Waals surface area contributed by atoms with Gasteiger partial charge < -0.3 is 29.8 Å². The number of rotatable bonds is 7. The van der Waals surface area contributed by atoms with Crippen LogP contribution in [0.4, 0.5) is 0 Å². The number of methoxy groups -OCH3 is 2. The summed E-state index contributed by atoms with van der Waals surface area (Å²) in [6, 6.07) is 9.73. The molecular formula is C25H27N3O4. The van der Waals surface area contributed by atoms with Crippen LogP contribution in [0.3, 0.4) is 0 Å². The number of hydrogen-bond acceptors (Lipinski definition) is 6. The number of nitrogens with two attached hydrogens (primary N) is 1. The molecule has 0 saturated heterocycles. The Morgan fingerprint density at radius 1 is 1.12 bits per heavy atom. The Kier molecular flexibility index (Phi) is 5.49. The molecule has 1 aliphatic rings. The smallest absolute Gasteiger partial charge is 0.184 e. The molecule has 3 N–H and O–H groups in total. The fourth-order valence-electron chi connectivity index (χ4n) is 3.72. The molecule has 0 radical (unpaired) electrons. The lowest BCUT2D eigenvalue weighted by molar-refractivity contribution is 0.113. The van der Waals surface area contributed by atoms with Crippen molar-refractivity contribution >= 4 is 16.6 Å². The van der Waals surface area contributed by atoms with Crippen LogP contribution in [0.15, 0.2) is 35.5 Å². The zero-order chi connectivity index (χ0) is 23.0. The largest absolute Gasteiger partial charge is 0.493 e. The van der Waals surface area contributed by atoms with Crippen molar-refractivity contribution in [3.05, 3.63) is 41.5 Å². The first-order valence-corrected chi connectivity index (χ1v) is 10.3. The second-order valence-corrected chi connectivity index (χ2v) is 8.26. The standard InChI is InChI=1S/C25H27N3O4/c1-7-14(2)32-28-24-17-12-21(30-6)20(29-5)11-16(17)23-22(24)18-10-15(8-9-19(18)27-23)31-25(3,4)13-26/h1,8-12,14,27H,13,26H2,2-6H3. The normalized spacial score (nSPS) is 14.6. The molecule has 7 nitrogen and oxygen atoms in total. The Morgan fingerprint density at radius 2 is 1.81 bits per heavy atom. The maximum Gasteiger partial charge on any atom is 0.184 e. The number of fused-ring (bicyclic) bond motifs is 5. The highest BCUT2D eigenvalue weighted by Crippen LogP contribution is 2.46. The fraction of sp³-hybridized carbons (Fsp3) is 0.320. The summed E-state index contributed by atoms with van der Waals surface area (Å²) in [5, 5.41) is 5.40. The molecule has 32 heavy (non-hydrogen) atoms. The molecule has 1 aromatic heterocycles. The van der Waals surface area contributed by atoms with Gasteiger partial charge in [-0.05, 0) is 51.1 Å². The predicted molar refractivity (Wildman–Crippen MR) is 126 cm³/mol. The maximum absolute atomic E-state index is 6.11. The average molecular weight is 434 g/mol. The Hall–Kier alpha value is -3.63. The lowest BCUT2D eigenvalue weighted by Crippen LogP contribution is -2.37. The van der Waals surface area contributed by atoms with Crippen LogP contribution < -0.4 is 19.9 Å². The molecule has 0 bridgehead atoms. The molecular weight excluding hydrogens is 406 g/mol. The van der Waals surface area contributed by atoms with E-state index >= 15 is 0 Å². The Bertz CT molecular complexity index is 1250. The highest BCUT2D eigenvalue weighted by Gasteiger charge is 2.32. The van der Waals surface area contributed by atoms with E-state index in [-0.39, 0.29) is 0 Å². The predicted octanol–water partition coefficient (Wildman–Crippen LogP) is 4.07. The molecule has 2 aromatic carbocycles. The van der Waals surface area contributed by atoms with E-state index in [1.165, 1.54) is 0 Å². The van der Waals surface area contributed by atoms with Gasteiger partial charge in [0.1, 0.15) is 17.1 Å². The molecule has 1 unspecified atom stereocenters. The van der Waals surface area contributed by atoms with Gasteiger partial charge in [0.25, 0.3) is 0 Å². The molecule has 166 valence electrons. The topological polar surface area (TPSA) is 91.1 Å². The van der Waals surface area contributed by atoms with Gasteiger partial charge in [0.05, 0.1) is 19.9 Å². The molecule has 1 heterocycles. The summed E-state index contributed by atoms with van der Waals surface area (Å²) < 4.78 is 17.1. The van der Waals surface area contributed by atoms with Gasteiger partial charge >= 0.3 is 0 Å². The second-order valence-electron chi connectivity index (χ2n) is 8.26. The van der Waals surface area contributed by atoms with Crippen molar-refractivity contribution in [2.24, 2.45) is 10.9 Å². The maximum atomic E-state index is 6.11. The Morgan fingerprint density at radius 3 is 2.44 bits per heavy atom. The van der Waals surface area contributed by atoms with Crippen LogP contribution in [0.5, 0.6) is 17.2 Å². The first-order chi connectivity index (χ1) is 15.3. The SMILES string of the molecule is C#CC(C)ON=C1c2cc(OC)c(OC)cc2-c2[nH]c3ccc(OC(C)(C)CN)cc3c21. The van der Waals surface area contributed by atoms with Crippen LogP contribution in [0.1, 0.15) is 31.9 Å². The van der Waals surface area contributed by atoms with E-state index in [0.29, 0.717) is 23.8 Å². The lowest BCUT2D eigenvalue weighted by atomic mass is 10.1. The van der Waals surface area contributed by atoms with E-state index in [1.807, 2.05) is 44.2 Å². The number of terminal acetylenes is 1. The molecule has 1 atom stereocenters. The van der Waals surface area contributed by atoms with Crippen LogP contribution >= 0.6 is 0 Å². The monoisotopic (exact) mass is 433 g/mol. The van der Waals surface area contributed by atoms with Gasteiger partial charge in [-0.1, -0.05) is 11.1 Å². The number of H-pyrrole nitrogens is 1. The summed E-state index contributed by atoms with van der Waals surface area (Å²) in [5.74, 6) is 4.49. The third-order valence-corrected chi connectivity index (χ3v) is 5.48. The van der Waals surface area contributed by atoms with E-state index in [1.54, 1.807) is 21.1 Å². The van der Waals surface area contributed by atoms with Gasteiger partial charge in [0.2, 0.25) is 0 Å². The van der Waals surface area contributed by atoms with Gasteiger partial charge in [-0.25, -0.2) is 0 Å². The van der Waals surface area contributed by atoms with Crippen LogP contribution in [0.25, 0.3) is 22.2 Å². The zero-order valence-electron chi connectivity index (χ0n) is 18.9. The van der Waals surface area contributed by atoms with Crippen molar-refractivity contribution in [2.45, 2.75) is 32.5 Å².